The third-order valence-electron chi connectivity index (χ3n) is 3.82. The van der Waals surface area contributed by atoms with Crippen LogP contribution < -0.4 is 5.32 Å². The molecule has 0 aliphatic carbocycles. The predicted molar refractivity (Wildman–Crippen MR) is 95.5 cm³/mol. The van der Waals surface area contributed by atoms with Gasteiger partial charge in [-0.3, -0.25) is 4.99 Å². The largest absolute Gasteiger partial charge is 0.352 e. The third kappa shape index (κ3) is 5.43. The average Bonchev–Trinajstić information content (AvgIpc) is 3.08. The fourth-order valence-electron chi connectivity index (χ4n) is 2.42. The molecule has 1 heterocycles. The first-order chi connectivity index (χ1) is 11.2. The normalized spacial score (nSPS) is 11.5. The van der Waals surface area contributed by atoms with E-state index < -0.39 is 0 Å². The molecule has 0 atom stereocenters. The maximum Gasteiger partial charge on any atom is 0.193 e. The fourth-order valence-corrected chi connectivity index (χ4v) is 2.42. The number of nitrogens with one attached hydrogen (secondary N) is 1. The third-order valence-corrected chi connectivity index (χ3v) is 3.82. The van der Waals surface area contributed by atoms with Gasteiger partial charge in [0.05, 0.1) is 6.33 Å². The van der Waals surface area contributed by atoms with Crippen molar-refractivity contribution in [3.8, 4) is 0 Å². The van der Waals surface area contributed by atoms with Gasteiger partial charge in [-0.2, -0.15) is 0 Å². The van der Waals surface area contributed by atoms with Crippen molar-refractivity contribution in [2.24, 2.45) is 4.99 Å². The second kappa shape index (κ2) is 8.98. The van der Waals surface area contributed by atoms with Crippen LogP contribution in [0.3, 0.4) is 0 Å². The number of hydrogen-bond donors (Lipinski definition) is 1. The fraction of sp³-hybridized carbons (Fsp3) is 0.444. The zero-order valence-corrected chi connectivity index (χ0v) is 14.4. The zero-order valence-electron chi connectivity index (χ0n) is 14.4. The molecule has 0 saturated carbocycles. The van der Waals surface area contributed by atoms with Gasteiger partial charge in [0, 0.05) is 46.1 Å². The molecule has 0 spiro atoms. The molecule has 5 heteroatoms. The van der Waals surface area contributed by atoms with Crippen LogP contribution in [0, 0.1) is 0 Å². The lowest BCUT2D eigenvalue weighted by Gasteiger charge is -2.21. The van der Waals surface area contributed by atoms with Crippen molar-refractivity contribution in [3.63, 3.8) is 0 Å². The molecule has 0 unspecified atom stereocenters. The number of rotatable bonds is 7. The summed E-state index contributed by atoms with van der Waals surface area (Å²) >= 11 is 0. The van der Waals surface area contributed by atoms with Gasteiger partial charge in [0.25, 0.3) is 0 Å². The Bertz CT molecular complexity index is 586. The van der Waals surface area contributed by atoms with Gasteiger partial charge in [0.2, 0.25) is 0 Å². The Kier molecular flexibility index (Phi) is 6.66. The van der Waals surface area contributed by atoms with Gasteiger partial charge < -0.3 is 14.8 Å². The van der Waals surface area contributed by atoms with Crippen molar-refractivity contribution in [2.75, 3.05) is 20.6 Å². The van der Waals surface area contributed by atoms with Crippen LogP contribution in [0.5, 0.6) is 0 Å². The van der Waals surface area contributed by atoms with Gasteiger partial charge in [0.15, 0.2) is 5.96 Å². The van der Waals surface area contributed by atoms with E-state index in [4.69, 9.17) is 0 Å². The van der Waals surface area contributed by atoms with Gasteiger partial charge in [-0.1, -0.05) is 37.6 Å². The number of guanidine groups is 1. The van der Waals surface area contributed by atoms with Gasteiger partial charge in [-0.15, -0.1) is 0 Å². The Balaban J connectivity index is 1.85. The van der Waals surface area contributed by atoms with E-state index >= 15 is 0 Å². The summed E-state index contributed by atoms with van der Waals surface area (Å²) in [6.07, 6.45) is 8.00. The van der Waals surface area contributed by atoms with Gasteiger partial charge in [0.1, 0.15) is 0 Å². The lowest BCUT2D eigenvalue weighted by molar-refractivity contribution is 0.464. The lowest BCUT2D eigenvalue weighted by atomic mass is 10.1. The molecular formula is C18H27N5. The van der Waals surface area contributed by atoms with E-state index in [-0.39, 0.29) is 0 Å². The van der Waals surface area contributed by atoms with Crippen molar-refractivity contribution in [1.29, 1.82) is 0 Å². The lowest BCUT2D eigenvalue weighted by Crippen LogP contribution is -2.38. The minimum Gasteiger partial charge on any atom is -0.352 e. The summed E-state index contributed by atoms with van der Waals surface area (Å²) in [5.41, 5.74) is 2.53. The SMILES string of the molecule is CCCCN(C)C(=NC)NCc1ccc(Cn2ccnc2)cc1. The van der Waals surface area contributed by atoms with E-state index in [1.807, 2.05) is 19.6 Å². The Labute approximate surface area is 139 Å². The number of imidazole rings is 1. The van der Waals surface area contributed by atoms with Crippen LogP contribution in [0.1, 0.15) is 30.9 Å². The minimum absolute atomic E-state index is 0.786. The molecule has 0 bridgehead atoms. The first kappa shape index (κ1) is 17.1. The van der Waals surface area contributed by atoms with E-state index in [2.05, 4.69) is 63.0 Å². The highest BCUT2D eigenvalue weighted by atomic mass is 15.3. The molecule has 0 amide bonds. The quantitative estimate of drug-likeness (QED) is 0.631. The molecule has 1 aromatic heterocycles. The number of unbranched alkanes of at least 4 members (excludes halogenated alkanes) is 1. The summed E-state index contributed by atoms with van der Waals surface area (Å²) in [5.74, 6) is 0.945. The molecule has 5 nitrogen and oxygen atoms in total. The molecule has 2 rings (SSSR count). The van der Waals surface area contributed by atoms with Crippen molar-refractivity contribution in [2.45, 2.75) is 32.9 Å². The number of aromatic nitrogens is 2. The maximum absolute atomic E-state index is 4.34. The second-order valence-electron chi connectivity index (χ2n) is 5.73. The van der Waals surface area contributed by atoms with Crippen molar-refractivity contribution in [1.82, 2.24) is 19.8 Å². The van der Waals surface area contributed by atoms with Crippen LogP contribution >= 0.6 is 0 Å². The van der Waals surface area contributed by atoms with Crippen LogP contribution in [0.4, 0.5) is 0 Å². The van der Waals surface area contributed by atoms with E-state index in [1.165, 1.54) is 24.0 Å². The monoisotopic (exact) mass is 313 g/mol. The molecule has 0 radical (unpaired) electrons. The molecule has 1 aromatic carbocycles. The number of benzene rings is 1. The number of aliphatic imine (C=N–C) groups is 1. The minimum atomic E-state index is 0.786. The molecule has 23 heavy (non-hydrogen) atoms. The summed E-state index contributed by atoms with van der Waals surface area (Å²) in [7, 11) is 3.91. The van der Waals surface area contributed by atoms with Gasteiger partial charge >= 0.3 is 0 Å². The summed E-state index contributed by atoms with van der Waals surface area (Å²) < 4.78 is 2.07. The van der Waals surface area contributed by atoms with E-state index in [9.17, 15) is 0 Å². The zero-order chi connectivity index (χ0) is 16.5. The molecule has 0 aliphatic heterocycles. The number of nitrogens with zero attached hydrogens (tertiary/aromatic N) is 4. The van der Waals surface area contributed by atoms with Crippen molar-refractivity contribution >= 4 is 5.96 Å². The molecule has 0 aliphatic rings. The van der Waals surface area contributed by atoms with Crippen LogP contribution in [0.15, 0.2) is 48.0 Å². The van der Waals surface area contributed by atoms with Gasteiger partial charge in [-0.05, 0) is 17.5 Å². The highest BCUT2D eigenvalue weighted by Crippen LogP contribution is 2.06. The van der Waals surface area contributed by atoms with Crippen LogP contribution in [-0.4, -0.2) is 41.1 Å². The van der Waals surface area contributed by atoms with Crippen LogP contribution in [0.25, 0.3) is 0 Å². The Hall–Kier alpha value is -2.30. The summed E-state index contributed by atoms with van der Waals surface area (Å²) in [5, 5.41) is 3.42. The molecule has 0 fully saturated rings. The van der Waals surface area contributed by atoms with E-state index in [0.717, 1.165) is 25.6 Å². The topological polar surface area (TPSA) is 45.5 Å². The first-order valence-corrected chi connectivity index (χ1v) is 8.18. The average molecular weight is 313 g/mol. The highest BCUT2D eigenvalue weighted by Gasteiger charge is 2.04. The van der Waals surface area contributed by atoms with Crippen LogP contribution in [0.2, 0.25) is 0 Å². The summed E-state index contributed by atoms with van der Waals surface area (Å²) in [6.45, 7) is 4.87. The predicted octanol–water partition coefficient (Wildman–Crippen LogP) is 2.74. The summed E-state index contributed by atoms with van der Waals surface area (Å²) in [4.78, 5) is 10.6. The Morgan fingerprint density at radius 2 is 2.00 bits per heavy atom. The smallest absolute Gasteiger partial charge is 0.193 e. The maximum atomic E-state index is 4.34. The Morgan fingerprint density at radius 3 is 2.61 bits per heavy atom. The highest BCUT2D eigenvalue weighted by molar-refractivity contribution is 5.79. The second-order valence-corrected chi connectivity index (χ2v) is 5.73. The van der Waals surface area contributed by atoms with Crippen molar-refractivity contribution < 1.29 is 0 Å². The number of hydrogen-bond acceptors (Lipinski definition) is 2. The summed E-state index contributed by atoms with van der Waals surface area (Å²) in [6, 6.07) is 8.66. The van der Waals surface area contributed by atoms with Crippen LogP contribution in [-0.2, 0) is 13.1 Å². The molecule has 0 saturated heterocycles. The molecule has 2 aromatic rings. The van der Waals surface area contributed by atoms with Crippen molar-refractivity contribution in [3.05, 3.63) is 54.1 Å². The molecule has 1 N–H and O–H groups in total. The molecular weight excluding hydrogens is 286 g/mol. The van der Waals surface area contributed by atoms with Gasteiger partial charge in [-0.25, -0.2) is 4.98 Å². The van der Waals surface area contributed by atoms with E-state index in [0.29, 0.717) is 0 Å². The molecule has 124 valence electrons. The first-order valence-electron chi connectivity index (χ1n) is 8.18. The standard InChI is InChI=1S/C18H27N5/c1-4-5-11-22(3)18(19-2)21-13-16-6-8-17(9-7-16)14-23-12-10-20-15-23/h6-10,12,15H,4-5,11,13-14H2,1-3H3,(H,19,21). The van der Waals surface area contributed by atoms with E-state index in [1.54, 1.807) is 6.20 Å². The Morgan fingerprint density at radius 1 is 1.26 bits per heavy atom.